The second-order valence-corrected chi connectivity index (χ2v) is 1.02. The number of aromatic nitrogens is 1. The molecule has 1 rings (SSSR count). The molecule has 0 aromatic carbocycles. The molecule has 0 N–H and O–H groups in total. The predicted octanol–water partition coefficient (Wildman–Crippen LogP) is 2.21. The Bertz CT molecular complexity index is 85.0. The van der Waals surface area contributed by atoms with Gasteiger partial charge in [0.05, 0.1) is 0 Å². The number of alkyl halides is 1. The van der Waals surface area contributed by atoms with Gasteiger partial charge in [0.25, 0.3) is 0 Å². The third-order valence-electron chi connectivity index (χ3n) is 0.566. The third kappa shape index (κ3) is 3.81. The van der Waals surface area contributed by atoms with Gasteiger partial charge in [-0.2, -0.15) is 0 Å². The van der Waals surface area contributed by atoms with Crippen LogP contribution in [-0.2, 0) is 0 Å². The summed E-state index contributed by atoms with van der Waals surface area (Å²) in [5.41, 5.74) is 0. The Labute approximate surface area is 59.4 Å². The van der Waals surface area contributed by atoms with Crippen LogP contribution in [0.4, 0.5) is 0 Å². The van der Waals surface area contributed by atoms with Crippen molar-refractivity contribution in [2.75, 3.05) is 5.83 Å². The van der Waals surface area contributed by atoms with Crippen LogP contribution in [0.2, 0.25) is 0 Å². The van der Waals surface area contributed by atoms with Crippen molar-refractivity contribution in [2.24, 2.45) is 0 Å². The summed E-state index contributed by atoms with van der Waals surface area (Å²) < 4.78 is 0. The van der Waals surface area contributed by atoms with Crippen LogP contribution in [0.15, 0.2) is 30.6 Å². The van der Waals surface area contributed by atoms with E-state index in [1.165, 1.54) is 0 Å². The molecule has 8 heavy (non-hydrogen) atoms. The average molecular weight is 175 g/mol. The number of pyridine rings is 1. The Morgan fingerprint density at radius 2 is 1.62 bits per heavy atom. The van der Waals surface area contributed by atoms with Crippen LogP contribution in [0.5, 0.6) is 0 Å². The van der Waals surface area contributed by atoms with Crippen LogP contribution in [-0.4, -0.2) is 10.8 Å². The fourth-order valence-electron chi connectivity index (χ4n) is 0.313. The second kappa shape index (κ2) is 6.63. The van der Waals surface area contributed by atoms with Gasteiger partial charge in [0.15, 0.2) is 0 Å². The number of hydrogen-bond acceptors (Lipinski definition) is 1. The quantitative estimate of drug-likeness (QED) is 0.551. The van der Waals surface area contributed by atoms with Gasteiger partial charge in [-0.3, -0.25) is 4.98 Å². The lowest BCUT2D eigenvalue weighted by Gasteiger charge is -1.70. The Morgan fingerprint density at radius 3 is 1.75 bits per heavy atom. The summed E-state index contributed by atoms with van der Waals surface area (Å²) in [4.78, 5) is 3.78. The molecule has 0 aliphatic rings. The van der Waals surface area contributed by atoms with Gasteiger partial charge < -0.3 is 0 Å². The van der Waals surface area contributed by atoms with Crippen molar-refractivity contribution in [1.82, 2.24) is 4.98 Å². The molecule has 1 heterocycles. The van der Waals surface area contributed by atoms with Crippen molar-refractivity contribution < 1.29 is 1.43 Å². The van der Waals surface area contributed by atoms with Crippen LogP contribution in [0.1, 0.15) is 1.43 Å². The molecule has 0 atom stereocenters. The molecule has 0 radical (unpaired) electrons. The van der Waals surface area contributed by atoms with E-state index in [0.717, 1.165) is 0 Å². The zero-order valence-corrected chi connectivity index (χ0v) is 6.30. The van der Waals surface area contributed by atoms with Crippen molar-refractivity contribution in [2.45, 2.75) is 0 Å². The lowest BCUT2D eigenvalue weighted by molar-refractivity contribution is 1.33. The predicted molar refractivity (Wildman–Crippen MR) is 40.2 cm³/mol. The van der Waals surface area contributed by atoms with Crippen LogP contribution in [0, 0.1) is 0 Å². The summed E-state index contributed by atoms with van der Waals surface area (Å²) in [6.07, 6.45) is 3.50. The molecule has 1 nitrogen and oxygen atoms in total. The van der Waals surface area contributed by atoms with Gasteiger partial charge in [-0.15, -0.1) is 0 Å². The zero-order valence-electron chi connectivity index (χ0n) is 5.71. The van der Waals surface area contributed by atoms with Gasteiger partial charge in [-0.25, -0.2) is 0 Å². The molecule has 0 spiro atoms. The lowest BCUT2D eigenvalue weighted by Crippen LogP contribution is -1.58. The highest BCUT2D eigenvalue weighted by atomic mass is 79.9. The molecule has 0 unspecified atom stereocenters. The van der Waals surface area contributed by atoms with Crippen LogP contribution in [0.25, 0.3) is 0 Å². The fraction of sp³-hybridized carbons (Fsp3) is 0.167. The van der Waals surface area contributed by atoms with Gasteiger partial charge >= 0.3 is 1.43 Å². The molecule has 0 saturated carbocycles. The first-order valence-electron chi connectivity index (χ1n) is 2.23. The van der Waals surface area contributed by atoms with Gasteiger partial charge in [-0.05, 0) is 18.0 Å². The molecule has 1 aromatic rings. The van der Waals surface area contributed by atoms with E-state index in [1.54, 1.807) is 12.4 Å². The number of nitrogens with zero attached hydrogens (tertiary/aromatic N) is 1. The van der Waals surface area contributed by atoms with E-state index in [4.69, 9.17) is 0 Å². The Kier molecular flexibility index (Phi) is 6.32. The van der Waals surface area contributed by atoms with Crippen molar-refractivity contribution in [3.63, 3.8) is 0 Å². The topological polar surface area (TPSA) is 12.9 Å². The maximum Gasteiger partial charge on any atom is 1.00 e. The minimum atomic E-state index is 0. The molecule has 2 heteroatoms. The monoisotopic (exact) mass is 174 g/mol. The van der Waals surface area contributed by atoms with Crippen molar-refractivity contribution in [1.29, 1.82) is 0 Å². The first-order valence-corrected chi connectivity index (χ1v) is 3.81. The lowest BCUT2D eigenvalue weighted by atomic mass is 10.5. The Balaban J connectivity index is 0. The summed E-state index contributed by atoms with van der Waals surface area (Å²) in [6.45, 7) is 0. The molecule has 0 bridgehead atoms. The van der Waals surface area contributed by atoms with E-state index in [2.05, 4.69) is 20.9 Å². The summed E-state index contributed by atoms with van der Waals surface area (Å²) in [7, 11) is 0. The van der Waals surface area contributed by atoms with Crippen LogP contribution < -0.4 is 0 Å². The third-order valence-corrected chi connectivity index (χ3v) is 0.566. The molecular weight excluding hydrogens is 166 g/mol. The molecule has 1 aromatic heterocycles. The van der Waals surface area contributed by atoms with Gasteiger partial charge in [0, 0.05) is 12.4 Å². The molecule has 0 aliphatic heterocycles. The smallest absolute Gasteiger partial charge is 0.265 e. The van der Waals surface area contributed by atoms with E-state index in [1.807, 2.05) is 24.0 Å². The molecule has 0 saturated heterocycles. The summed E-state index contributed by atoms with van der Waals surface area (Å²) >= 11 is 2.94. The first-order chi connectivity index (χ1) is 4.00. The molecule has 0 amide bonds. The van der Waals surface area contributed by atoms with Crippen LogP contribution in [0.3, 0.4) is 0 Å². The largest absolute Gasteiger partial charge is 1.00 e. The molecule has 0 aliphatic carbocycles. The van der Waals surface area contributed by atoms with E-state index in [-0.39, 0.29) is 1.43 Å². The number of rotatable bonds is 0. The van der Waals surface area contributed by atoms with Crippen molar-refractivity contribution in [3.8, 4) is 0 Å². The minimum Gasteiger partial charge on any atom is -0.265 e. The fourth-order valence-corrected chi connectivity index (χ4v) is 0.313. The molecule has 44 valence electrons. The highest BCUT2D eigenvalue weighted by Gasteiger charge is 1.58. The van der Waals surface area contributed by atoms with Gasteiger partial charge in [0.1, 0.15) is 0 Å². The molecule has 0 fully saturated rings. The number of hydrogen-bond donors (Lipinski definition) is 0. The maximum atomic E-state index is 3.78. The SMILES string of the molecule is CBr.[H+].c1ccncc1. The van der Waals surface area contributed by atoms with E-state index in [0.29, 0.717) is 0 Å². The Hall–Kier alpha value is -0.370. The standard InChI is InChI=1S/C5H5N.CH3Br/c1-2-4-6-5-3-1;1-2/h1-5H;1H3/p+1. The van der Waals surface area contributed by atoms with E-state index < -0.39 is 0 Å². The first kappa shape index (κ1) is 7.63. The number of halogens is 1. The van der Waals surface area contributed by atoms with Gasteiger partial charge in [0.2, 0.25) is 0 Å². The van der Waals surface area contributed by atoms with Gasteiger partial charge in [-0.1, -0.05) is 22.0 Å². The maximum absolute atomic E-state index is 3.78. The second-order valence-electron chi connectivity index (χ2n) is 1.02. The van der Waals surface area contributed by atoms with Crippen molar-refractivity contribution in [3.05, 3.63) is 30.6 Å². The van der Waals surface area contributed by atoms with Crippen LogP contribution >= 0.6 is 15.9 Å². The van der Waals surface area contributed by atoms with E-state index in [9.17, 15) is 0 Å². The normalized spacial score (nSPS) is 6.75. The highest BCUT2D eigenvalue weighted by Crippen LogP contribution is 1.73. The van der Waals surface area contributed by atoms with Crippen molar-refractivity contribution >= 4 is 15.9 Å². The highest BCUT2D eigenvalue weighted by molar-refractivity contribution is 9.08. The minimum absolute atomic E-state index is 0. The van der Waals surface area contributed by atoms with E-state index >= 15 is 0 Å². The summed E-state index contributed by atoms with van der Waals surface area (Å²) in [5.74, 6) is 1.81. The Morgan fingerprint density at radius 1 is 1.12 bits per heavy atom. The summed E-state index contributed by atoms with van der Waals surface area (Å²) in [5, 5.41) is 0. The zero-order chi connectivity index (χ0) is 6.24. The average Bonchev–Trinajstić information content (AvgIpc) is 1.96. The molecular formula is C6H9BrN+. The summed E-state index contributed by atoms with van der Waals surface area (Å²) in [6, 6.07) is 5.72.